The van der Waals surface area contributed by atoms with Crippen LogP contribution >= 0.6 is 0 Å². The molecule has 27 heavy (non-hydrogen) atoms. The van der Waals surface area contributed by atoms with Crippen molar-refractivity contribution in [2.75, 3.05) is 33.5 Å². The van der Waals surface area contributed by atoms with E-state index in [1.54, 1.807) is 7.11 Å². The van der Waals surface area contributed by atoms with E-state index >= 15 is 0 Å². The molecule has 3 N–H and O–H groups in total. The first-order chi connectivity index (χ1) is 12.7. The van der Waals surface area contributed by atoms with Gasteiger partial charge in [0.25, 0.3) is 0 Å². The zero-order chi connectivity index (χ0) is 20.3. The van der Waals surface area contributed by atoms with Crippen molar-refractivity contribution in [3.05, 3.63) is 35.9 Å². The summed E-state index contributed by atoms with van der Waals surface area (Å²) < 4.78 is 22.0. The van der Waals surface area contributed by atoms with E-state index in [9.17, 15) is 0 Å². The molecule has 0 aliphatic carbocycles. The minimum Gasteiger partial charge on any atom is -0.492 e. The predicted octanol–water partition coefficient (Wildman–Crippen LogP) is 3.60. The number of nitrogens with two attached hydrogens (primary N) is 1. The van der Waals surface area contributed by atoms with Gasteiger partial charge in [-0.1, -0.05) is 13.2 Å². The Bertz CT molecular complexity index is 514. The van der Waals surface area contributed by atoms with Crippen molar-refractivity contribution in [3.63, 3.8) is 0 Å². The lowest BCUT2D eigenvalue weighted by atomic mass is 10.1. The van der Waals surface area contributed by atoms with E-state index in [0.717, 1.165) is 56.5 Å². The molecule has 0 spiro atoms. The van der Waals surface area contributed by atoms with Gasteiger partial charge in [-0.25, -0.2) is 0 Å². The first-order valence-electron chi connectivity index (χ1n) is 9.75. The van der Waals surface area contributed by atoms with Crippen LogP contribution in [-0.4, -0.2) is 45.4 Å². The Kier molecular flexibility index (Phi) is 10.5. The number of hydrogen-bond donors (Lipinski definition) is 2. The van der Waals surface area contributed by atoms with Gasteiger partial charge in [0, 0.05) is 32.4 Å². The molecule has 0 bridgehead atoms. The van der Waals surface area contributed by atoms with Crippen molar-refractivity contribution in [2.45, 2.75) is 64.8 Å². The summed E-state index contributed by atoms with van der Waals surface area (Å²) in [6.45, 7) is 16.6. The summed E-state index contributed by atoms with van der Waals surface area (Å²) in [5.74, 6) is 0.0296. The highest BCUT2D eigenvalue weighted by atomic mass is 16.7. The lowest BCUT2D eigenvalue weighted by Crippen LogP contribution is -2.22. The third kappa shape index (κ3) is 9.84. The summed E-state index contributed by atoms with van der Waals surface area (Å²) in [6.07, 6.45) is 4.58. The molecule has 1 atom stereocenters. The Labute approximate surface area is 164 Å². The van der Waals surface area contributed by atoms with Crippen molar-refractivity contribution in [1.82, 2.24) is 5.32 Å². The molecule has 156 valence electrons. The highest BCUT2D eigenvalue weighted by molar-refractivity contribution is 5.25. The van der Waals surface area contributed by atoms with Crippen molar-refractivity contribution >= 4 is 0 Å². The molecule has 1 fully saturated rings. The van der Waals surface area contributed by atoms with Crippen LogP contribution < -0.4 is 11.1 Å². The number of rotatable bonds is 14. The van der Waals surface area contributed by atoms with Gasteiger partial charge in [0.15, 0.2) is 5.79 Å². The molecule has 0 radical (unpaired) electrons. The van der Waals surface area contributed by atoms with Crippen LogP contribution in [0.25, 0.3) is 0 Å². The molecule has 6 nitrogen and oxygen atoms in total. The van der Waals surface area contributed by atoms with Crippen LogP contribution in [0.3, 0.4) is 0 Å². The maximum atomic E-state index is 6.18. The first kappa shape index (κ1) is 23.5. The van der Waals surface area contributed by atoms with Crippen molar-refractivity contribution in [1.29, 1.82) is 0 Å². The number of methoxy groups -OCH3 is 1. The number of hydrogen-bond acceptors (Lipinski definition) is 6. The number of nitrogens with one attached hydrogen (secondary N) is 1. The van der Waals surface area contributed by atoms with Crippen LogP contribution in [-0.2, 0) is 18.9 Å². The molecule has 0 aromatic carbocycles. The zero-order valence-electron chi connectivity index (χ0n) is 17.6. The lowest BCUT2D eigenvalue weighted by molar-refractivity contribution is -0.139. The van der Waals surface area contributed by atoms with E-state index in [0.29, 0.717) is 24.7 Å². The second-order valence-corrected chi connectivity index (χ2v) is 7.44. The normalized spacial score (nSPS) is 19.5. The molecule has 0 aromatic heterocycles. The number of ether oxygens (including phenoxy) is 4. The highest BCUT2D eigenvalue weighted by Gasteiger charge is 2.32. The Hall–Kier alpha value is -1.50. The zero-order valence-corrected chi connectivity index (χ0v) is 17.6. The average molecular weight is 383 g/mol. The second-order valence-electron chi connectivity index (χ2n) is 7.44. The summed E-state index contributed by atoms with van der Waals surface area (Å²) >= 11 is 0. The molecule has 0 amide bonds. The van der Waals surface area contributed by atoms with Gasteiger partial charge >= 0.3 is 0 Å². The SMILES string of the molecule is C=C(CCC/C(C)=C(\N)C(=C)OCCC1COC(C)(C)O1)NCCCOC. The second kappa shape index (κ2) is 12.1. The summed E-state index contributed by atoms with van der Waals surface area (Å²) in [5, 5.41) is 3.32. The van der Waals surface area contributed by atoms with E-state index in [2.05, 4.69) is 18.5 Å². The maximum Gasteiger partial charge on any atom is 0.163 e. The summed E-state index contributed by atoms with van der Waals surface area (Å²) in [7, 11) is 1.71. The van der Waals surface area contributed by atoms with Crippen LogP contribution in [0.15, 0.2) is 35.9 Å². The van der Waals surface area contributed by atoms with E-state index in [1.165, 1.54) is 0 Å². The fraction of sp³-hybridized carbons (Fsp3) is 0.714. The van der Waals surface area contributed by atoms with Crippen molar-refractivity contribution in [2.24, 2.45) is 5.73 Å². The van der Waals surface area contributed by atoms with Crippen LogP contribution in [0, 0.1) is 0 Å². The fourth-order valence-corrected chi connectivity index (χ4v) is 2.81. The molecule has 1 heterocycles. The molecule has 1 saturated heterocycles. The van der Waals surface area contributed by atoms with Gasteiger partial charge < -0.3 is 30.0 Å². The van der Waals surface area contributed by atoms with Crippen LogP contribution in [0.1, 0.15) is 52.9 Å². The standard InChI is InChI=1S/C21H38N2O4/c1-16(9-7-10-17(2)23-12-8-13-24-6)20(22)18(3)25-14-11-19-15-26-21(4,5)27-19/h19,23H,2-3,7-15,22H2,1,4-6H3/b20-16-. The average Bonchev–Trinajstić information content (AvgIpc) is 2.96. The summed E-state index contributed by atoms with van der Waals surface area (Å²) in [5.41, 5.74) is 8.95. The molecule has 1 aliphatic rings. The van der Waals surface area contributed by atoms with Crippen LogP contribution in [0.2, 0.25) is 0 Å². The van der Waals surface area contributed by atoms with Gasteiger partial charge in [-0.3, -0.25) is 0 Å². The Balaban J connectivity index is 2.21. The van der Waals surface area contributed by atoms with E-state index < -0.39 is 5.79 Å². The van der Waals surface area contributed by atoms with Gasteiger partial charge in [-0.2, -0.15) is 0 Å². The minimum atomic E-state index is -0.500. The minimum absolute atomic E-state index is 0.0569. The molecule has 0 aromatic rings. The maximum absolute atomic E-state index is 6.18. The molecule has 1 unspecified atom stereocenters. The topological polar surface area (TPSA) is 75.0 Å². The van der Waals surface area contributed by atoms with Gasteiger partial charge in [-0.15, -0.1) is 0 Å². The molecule has 1 aliphatic heterocycles. The quantitative estimate of drug-likeness (QED) is 0.272. The predicted molar refractivity (Wildman–Crippen MR) is 109 cm³/mol. The Morgan fingerprint density at radius 2 is 1.96 bits per heavy atom. The third-order valence-corrected chi connectivity index (χ3v) is 4.47. The summed E-state index contributed by atoms with van der Waals surface area (Å²) in [6, 6.07) is 0. The molecular weight excluding hydrogens is 344 g/mol. The third-order valence-electron chi connectivity index (χ3n) is 4.47. The lowest BCUT2D eigenvalue weighted by Gasteiger charge is -2.17. The monoisotopic (exact) mass is 382 g/mol. The van der Waals surface area contributed by atoms with Gasteiger partial charge in [0.1, 0.15) is 5.76 Å². The van der Waals surface area contributed by atoms with Crippen molar-refractivity contribution in [3.8, 4) is 0 Å². The highest BCUT2D eigenvalue weighted by Crippen LogP contribution is 2.24. The van der Waals surface area contributed by atoms with Gasteiger partial charge in [0.2, 0.25) is 0 Å². The molecule has 0 saturated carbocycles. The first-order valence-corrected chi connectivity index (χ1v) is 9.75. The summed E-state index contributed by atoms with van der Waals surface area (Å²) in [4.78, 5) is 0. The van der Waals surface area contributed by atoms with Gasteiger partial charge in [-0.05, 0) is 52.0 Å². The van der Waals surface area contributed by atoms with E-state index in [4.69, 9.17) is 24.7 Å². The van der Waals surface area contributed by atoms with Crippen LogP contribution in [0.5, 0.6) is 0 Å². The Morgan fingerprint density at radius 1 is 1.22 bits per heavy atom. The Morgan fingerprint density at radius 3 is 2.59 bits per heavy atom. The molecular formula is C21H38N2O4. The molecule has 6 heteroatoms. The van der Waals surface area contributed by atoms with Crippen molar-refractivity contribution < 1.29 is 18.9 Å². The van der Waals surface area contributed by atoms with Crippen LogP contribution in [0.4, 0.5) is 0 Å². The molecule has 1 rings (SSSR count). The smallest absolute Gasteiger partial charge is 0.163 e. The van der Waals surface area contributed by atoms with E-state index in [-0.39, 0.29) is 6.10 Å². The van der Waals surface area contributed by atoms with Gasteiger partial charge in [0.05, 0.1) is 25.0 Å². The fourth-order valence-electron chi connectivity index (χ4n) is 2.81. The van der Waals surface area contributed by atoms with E-state index in [1.807, 2.05) is 20.8 Å². The largest absolute Gasteiger partial charge is 0.492 e. The number of allylic oxidation sites excluding steroid dienone is 2.